The van der Waals surface area contributed by atoms with Crippen molar-refractivity contribution < 1.29 is 8.78 Å². The lowest BCUT2D eigenvalue weighted by molar-refractivity contribution is 0.573. The van der Waals surface area contributed by atoms with Crippen LogP contribution in [0.3, 0.4) is 0 Å². The van der Waals surface area contributed by atoms with Crippen LogP contribution in [0.15, 0.2) is 164 Å². The standard InChI is InChI=1S/C46H27F2N/c47-42-18-9-19-43(48)46(42)49-44-22-20-30(38-24-28-10-1-3-12-32(28)34-14-5-7-16-36(34)38)26-40(44)41-27-31(21-23-45(41)49)39-25-29-11-2-4-13-33(29)35-15-6-8-17-37(35)39/h1-27H. The molecule has 0 amide bonds. The maximum atomic E-state index is 15.5. The lowest BCUT2D eigenvalue weighted by atomic mass is 9.92. The van der Waals surface area contributed by atoms with E-state index in [2.05, 4.69) is 133 Å². The number of benzene rings is 9. The molecule has 0 bridgehead atoms. The van der Waals surface area contributed by atoms with E-state index >= 15 is 8.78 Å². The van der Waals surface area contributed by atoms with Crippen LogP contribution in [0.5, 0.6) is 0 Å². The Morgan fingerprint density at radius 1 is 0.327 bits per heavy atom. The Balaban J connectivity index is 1.30. The highest BCUT2D eigenvalue weighted by atomic mass is 19.1. The summed E-state index contributed by atoms with van der Waals surface area (Å²) >= 11 is 0. The molecule has 0 N–H and O–H groups in total. The van der Waals surface area contributed by atoms with E-state index in [0.29, 0.717) is 0 Å². The van der Waals surface area contributed by atoms with Gasteiger partial charge in [-0.1, -0.05) is 115 Å². The van der Waals surface area contributed by atoms with Gasteiger partial charge in [-0.25, -0.2) is 8.78 Å². The molecule has 0 aliphatic rings. The SMILES string of the molecule is Fc1cccc(F)c1-n1c2ccc(-c3cc4ccccc4c4ccccc34)cc2c2cc(-c3cc4ccccc4c4ccccc34)ccc21. The number of para-hydroxylation sites is 1. The molecule has 0 saturated heterocycles. The molecule has 0 spiro atoms. The van der Waals surface area contributed by atoms with Gasteiger partial charge in [0, 0.05) is 10.8 Å². The number of hydrogen-bond acceptors (Lipinski definition) is 0. The van der Waals surface area contributed by atoms with Gasteiger partial charge in [-0.2, -0.15) is 0 Å². The Bertz CT molecular complexity index is 2770. The second-order valence-electron chi connectivity index (χ2n) is 12.8. The van der Waals surface area contributed by atoms with E-state index in [1.165, 1.54) is 39.7 Å². The third-order valence-electron chi connectivity index (χ3n) is 10.1. The normalized spacial score (nSPS) is 11.9. The van der Waals surface area contributed by atoms with E-state index in [1.807, 2.05) is 12.1 Å². The Morgan fingerprint density at radius 3 is 1.20 bits per heavy atom. The first-order valence-corrected chi connectivity index (χ1v) is 16.5. The maximum Gasteiger partial charge on any atom is 0.150 e. The third kappa shape index (κ3) is 4.15. The highest BCUT2D eigenvalue weighted by Crippen LogP contribution is 2.42. The summed E-state index contributed by atoms with van der Waals surface area (Å²) < 4.78 is 32.8. The monoisotopic (exact) mass is 631 g/mol. The largest absolute Gasteiger partial charge is 0.304 e. The van der Waals surface area contributed by atoms with Crippen LogP contribution in [0.4, 0.5) is 8.78 Å². The number of halogens is 2. The first kappa shape index (κ1) is 27.8. The highest BCUT2D eigenvalue weighted by Gasteiger charge is 2.20. The first-order valence-electron chi connectivity index (χ1n) is 16.5. The minimum atomic E-state index is -0.604. The van der Waals surface area contributed by atoms with Crippen molar-refractivity contribution in [2.24, 2.45) is 0 Å². The lowest BCUT2D eigenvalue weighted by Crippen LogP contribution is -2.01. The number of nitrogens with zero attached hydrogens (tertiary/aromatic N) is 1. The predicted molar refractivity (Wildman–Crippen MR) is 202 cm³/mol. The van der Waals surface area contributed by atoms with E-state index in [1.54, 1.807) is 4.57 Å². The summed E-state index contributed by atoms with van der Waals surface area (Å²) in [6.07, 6.45) is 0. The second kappa shape index (κ2) is 10.6. The second-order valence-corrected chi connectivity index (χ2v) is 12.8. The molecule has 10 aromatic rings. The van der Waals surface area contributed by atoms with Gasteiger partial charge in [0.1, 0.15) is 17.3 Å². The summed E-state index contributed by atoms with van der Waals surface area (Å²) in [5, 5.41) is 11.3. The molecule has 9 aromatic carbocycles. The summed E-state index contributed by atoms with van der Waals surface area (Å²) in [7, 11) is 0. The van der Waals surface area contributed by atoms with Crippen LogP contribution in [0.2, 0.25) is 0 Å². The fraction of sp³-hybridized carbons (Fsp3) is 0. The molecule has 10 rings (SSSR count). The summed E-state index contributed by atoms with van der Waals surface area (Å²) in [5.74, 6) is -1.21. The van der Waals surface area contributed by atoms with Crippen LogP contribution in [-0.4, -0.2) is 4.57 Å². The Hall–Kier alpha value is -6.32. The van der Waals surface area contributed by atoms with Crippen LogP contribution in [-0.2, 0) is 0 Å². The van der Waals surface area contributed by atoms with Crippen molar-refractivity contribution in [3.8, 4) is 27.9 Å². The van der Waals surface area contributed by atoms with Gasteiger partial charge in [0.2, 0.25) is 0 Å². The summed E-state index contributed by atoms with van der Waals surface area (Å²) in [5.41, 5.74) is 5.74. The molecule has 0 unspecified atom stereocenters. The van der Waals surface area contributed by atoms with Gasteiger partial charge < -0.3 is 4.57 Å². The summed E-state index contributed by atoms with van der Waals surface area (Å²) in [6.45, 7) is 0. The molecule has 3 heteroatoms. The quantitative estimate of drug-likeness (QED) is 0.171. The summed E-state index contributed by atoms with van der Waals surface area (Å²) in [4.78, 5) is 0. The molecule has 0 atom stereocenters. The average Bonchev–Trinajstić information content (AvgIpc) is 3.46. The van der Waals surface area contributed by atoms with Crippen molar-refractivity contribution in [1.29, 1.82) is 0 Å². The molecular formula is C46H27F2N. The zero-order valence-electron chi connectivity index (χ0n) is 26.3. The van der Waals surface area contributed by atoms with Crippen LogP contribution >= 0.6 is 0 Å². The Morgan fingerprint density at radius 2 is 0.735 bits per heavy atom. The van der Waals surface area contributed by atoms with Crippen LogP contribution in [0, 0.1) is 11.6 Å². The topological polar surface area (TPSA) is 4.93 Å². The van der Waals surface area contributed by atoms with Crippen LogP contribution < -0.4 is 0 Å². The molecule has 0 saturated carbocycles. The molecule has 0 aliphatic carbocycles. The fourth-order valence-corrected chi connectivity index (χ4v) is 7.89. The van der Waals surface area contributed by atoms with Crippen molar-refractivity contribution in [3.63, 3.8) is 0 Å². The van der Waals surface area contributed by atoms with Crippen molar-refractivity contribution in [3.05, 3.63) is 175 Å². The van der Waals surface area contributed by atoms with Gasteiger partial charge in [0.15, 0.2) is 0 Å². The van der Waals surface area contributed by atoms with Crippen LogP contribution in [0.25, 0.3) is 92.8 Å². The fourth-order valence-electron chi connectivity index (χ4n) is 7.89. The number of rotatable bonds is 3. The van der Waals surface area contributed by atoms with Gasteiger partial charge in [-0.3, -0.25) is 0 Å². The zero-order chi connectivity index (χ0) is 32.6. The van der Waals surface area contributed by atoms with E-state index in [4.69, 9.17) is 0 Å². The van der Waals surface area contributed by atoms with E-state index in [9.17, 15) is 0 Å². The van der Waals surface area contributed by atoms with Gasteiger partial charge >= 0.3 is 0 Å². The zero-order valence-corrected chi connectivity index (χ0v) is 26.3. The van der Waals surface area contributed by atoms with E-state index in [0.717, 1.165) is 65.6 Å². The molecule has 0 fully saturated rings. The Labute approximate surface area is 280 Å². The van der Waals surface area contributed by atoms with Gasteiger partial charge in [0.25, 0.3) is 0 Å². The van der Waals surface area contributed by atoms with Gasteiger partial charge in [0.05, 0.1) is 11.0 Å². The lowest BCUT2D eigenvalue weighted by Gasteiger charge is -2.13. The molecule has 0 aliphatic heterocycles. The molecule has 1 nitrogen and oxygen atoms in total. The molecular weight excluding hydrogens is 605 g/mol. The highest BCUT2D eigenvalue weighted by molar-refractivity contribution is 6.18. The van der Waals surface area contributed by atoms with Crippen molar-refractivity contribution >= 4 is 64.9 Å². The minimum Gasteiger partial charge on any atom is -0.304 e. The van der Waals surface area contributed by atoms with Crippen LogP contribution in [0.1, 0.15) is 0 Å². The smallest absolute Gasteiger partial charge is 0.150 e. The summed E-state index contributed by atoms with van der Waals surface area (Å²) in [6, 6.07) is 55.0. The minimum absolute atomic E-state index is 0.0738. The number of aromatic nitrogens is 1. The van der Waals surface area contributed by atoms with E-state index < -0.39 is 11.6 Å². The molecule has 0 radical (unpaired) electrons. The van der Waals surface area contributed by atoms with Gasteiger partial charge in [-0.15, -0.1) is 0 Å². The number of hydrogen-bond donors (Lipinski definition) is 0. The Kier molecular flexibility index (Phi) is 6.00. The molecule has 1 heterocycles. The van der Waals surface area contributed by atoms with Gasteiger partial charge in [-0.05, 0) is 114 Å². The first-order chi connectivity index (χ1) is 24.1. The average molecular weight is 632 g/mol. The van der Waals surface area contributed by atoms with Crippen molar-refractivity contribution in [2.45, 2.75) is 0 Å². The molecule has 1 aromatic heterocycles. The van der Waals surface area contributed by atoms with E-state index in [-0.39, 0.29) is 5.69 Å². The van der Waals surface area contributed by atoms with Crippen molar-refractivity contribution in [1.82, 2.24) is 4.57 Å². The molecule has 230 valence electrons. The van der Waals surface area contributed by atoms with Crippen molar-refractivity contribution in [2.75, 3.05) is 0 Å². The molecule has 49 heavy (non-hydrogen) atoms. The third-order valence-corrected chi connectivity index (χ3v) is 10.1. The predicted octanol–water partition coefficient (Wildman–Crippen LogP) is 13.0. The maximum absolute atomic E-state index is 15.5. The number of fused-ring (bicyclic) bond motifs is 9.